The lowest BCUT2D eigenvalue weighted by Gasteiger charge is -2.40. The fourth-order valence-corrected chi connectivity index (χ4v) is 5.11. The van der Waals surface area contributed by atoms with Gasteiger partial charge in [-0.3, -0.25) is 4.90 Å². The Kier molecular flexibility index (Phi) is 6.24. The second kappa shape index (κ2) is 9.32. The molecule has 2 fully saturated rings. The number of halogens is 4. The van der Waals surface area contributed by atoms with Gasteiger partial charge in [-0.1, -0.05) is 31.0 Å². The number of hydrogen-bond acceptors (Lipinski definition) is 5. The normalized spacial score (nSPS) is 19.0. The molecule has 180 valence electrons. The molecule has 1 aromatic heterocycles. The summed E-state index contributed by atoms with van der Waals surface area (Å²) in [5, 5.41) is 12.6. The van der Waals surface area contributed by atoms with Crippen LogP contribution in [0.2, 0.25) is 0 Å². The fraction of sp³-hybridized carbons (Fsp3) is 0.458. The van der Waals surface area contributed by atoms with Crippen molar-refractivity contribution in [2.45, 2.75) is 43.9 Å². The summed E-state index contributed by atoms with van der Waals surface area (Å²) in [6.07, 6.45) is -0.0966. The molecule has 1 saturated carbocycles. The number of tetrazole rings is 1. The van der Waals surface area contributed by atoms with Gasteiger partial charge in [0.25, 0.3) is 0 Å². The van der Waals surface area contributed by atoms with E-state index in [1.165, 1.54) is 24.3 Å². The lowest BCUT2D eigenvalue weighted by atomic mass is 10.0. The van der Waals surface area contributed by atoms with Gasteiger partial charge in [-0.05, 0) is 59.2 Å². The van der Waals surface area contributed by atoms with Gasteiger partial charge in [-0.15, -0.1) is 5.10 Å². The molecule has 3 aromatic rings. The maximum absolute atomic E-state index is 14.2. The number of benzene rings is 2. The van der Waals surface area contributed by atoms with Gasteiger partial charge in [0, 0.05) is 31.9 Å². The van der Waals surface area contributed by atoms with Gasteiger partial charge in [0.05, 0.1) is 17.6 Å². The highest BCUT2D eigenvalue weighted by atomic mass is 19.4. The topological polar surface area (TPSA) is 50.1 Å². The first-order chi connectivity index (χ1) is 16.4. The number of hydrogen-bond donors (Lipinski definition) is 0. The van der Waals surface area contributed by atoms with Crippen molar-refractivity contribution >= 4 is 5.69 Å². The van der Waals surface area contributed by atoms with Crippen LogP contribution in [0.1, 0.15) is 54.7 Å². The fourth-order valence-electron chi connectivity index (χ4n) is 5.11. The van der Waals surface area contributed by atoms with E-state index in [0.717, 1.165) is 37.3 Å². The van der Waals surface area contributed by atoms with Crippen molar-refractivity contribution in [1.82, 2.24) is 25.1 Å². The predicted octanol–water partition coefficient (Wildman–Crippen LogP) is 4.86. The van der Waals surface area contributed by atoms with Crippen molar-refractivity contribution in [2.24, 2.45) is 0 Å². The molecule has 5 rings (SSSR count). The molecule has 0 amide bonds. The molecule has 2 heterocycles. The zero-order valence-corrected chi connectivity index (χ0v) is 18.6. The lowest BCUT2D eigenvalue weighted by Crippen LogP contribution is -2.48. The second-order valence-electron chi connectivity index (χ2n) is 8.95. The quantitative estimate of drug-likeness (QED) is 0.495. The first-order valence-corrected chi connectivity index (χ1v) is 11.6. The minimum absolute atomic E-state index is 0.229. The SMILES string of the molecule is Fc1cccc(C(c2nnnn2C2CCCC2)N2CCN(c3cccc(C(F)(F)F)c3)CC2)c1. The third-order valence-corrected chi connectivity index (χ3v) is 6.82. The van der Waals surface area contributed by atoms with Crippen molar-refractivity contribution in [3.05, 3.63) is 71.3 Å². The summed E-state index contributed by atoms with van der Waals surface area (Å²) in [4.78, 5) is 4.14. The van der Waals surface area contributed by atoms with E-state index in [-0.39, 0.29) is 17.9 Å². The molecular weight excluding hydrogens is 448 g/mol. The Bertz CT molecular complexity index is 1120. The second-order valence-corrected chi connectivity index (χ2v) is 8.95. The minimum atomic E-state index is -4.38. The number of alkyl halides is 3. The van der Waals surface area contributed by atoms with Gasteiger partial charge in [0.1, 0.15) is 5.82 Å². The molecule has 2 aliphatic rings. The van der Waals surface area contributed by atoms with Crippen LogP contribution >= 0.6 is 0 Å². The Morgan fingerprint density at radius 2 is 1.65 bits per heavy atom. The third-order valence-electron chi connectivity index (χ3n) is 6.82. The summed E-state index contributed by atoms with van der Waals surface area (Å²) >= 11 is 0. The molecule has 0 spiro atoms. The van der Waals surface area contributed by atoms with Gasteiger partial charge in [0.2, 0.25) is 0 Å². The molecule has 1 unspecified atom stereocenters. The van der Waals surface area contributed by atoms with E-state index < -0.39 is 11.7 Å². The van der Waals surface area contributed by atoms with Crippen LogP contribution in [0.4, 0.5) is 23.2 Å². The van der Waals surface area contributed by atoms with E-state index in [2.05, 4.69) is 20.4 Å². The van der Waals surface area contributed by atoms with Crippen molar-refractivity contribution in [3.63, 3.8) is 0 Å². The highest BCUT2D eigenvalue weighted by molar-refractivity contribution is 5.49. The highest BCUT2D eigenvalue weighted by Gasteiger charge is 2.34. The molecule has 1 aliphatic carbocycles. The zero-order valence-electron chi connectivity index (χ0n) is 18.6. The smallest absolute Gasteiger partial charge is 0.369 e. The van der Waals surface area contributed by atoms with Gasteiger partial charge in [0.15, 0.2) is 5.82 Å². The van der Waals surface area contributed by atoms with E-state index in [0.29, 0.717) is 37.7 Å². The average molecular weight is 475 g/mol. The van der Waals surface area contributed by atoms with Crippen LogP contribution in [0.5, 0.6) is 0 Å². The van der Waals surface area contributed by atoms with E-state index in [1.807, 2.05) is 15.6 Å². The number of anilines is 1. The maximum Gasteiger partial charge on any atom is 0.416 e. The molecule has 1 saturated heterocycles. The summed E-state index contributed by atoms with van der Waals surface area (Å²) in [6, 6.07) is 11.8. The summed E-state index contributed by atoms with van der Waals surface area (Å²) in [5.74, 6) is 0.356. The molecule has 1 aliphatic heterocycles. The molecule has 1 atom stereocenters. The Balaban J connectivity index is 1.41. The van der Waals surface area contributed by atoms with Crippen LogP contribution in [0, 0.1) is 5.82 Å². The van der Waals surface area contributed by atoms with E-state index >= 15 is 0 Å². The number of piperazine rings is 1. The van der Waals surface area contributed by atoms with Crippen LogP contribution in [-0.2, 0) is 6.18 Å². The molecule has 0 radical (unpaired) electrons. The maximum atomic E-state index is 14.2. The first kappa shape index (κ1) is 22.8. The Labute approximate surface area is 195 Å². The van der Waals surface area contributed by atoms with Gasteiger partial charge < -0.3 is 4.90 Å². The predicted molar refractivity (Wildman–Crippen MR) is 119 cm³/mol. The third kappa shape index (κ3) is 4.64. The van der Waals surface area contributed by atoms with E-state index in [4.69, 9.17) is 0 Å². The van der Waals surface area contributed by atoms with Crippen LogP contribution in [-0.4, -0.2) is 51.3 Å². The van der Waals surface area contributed by atoms with Crippen molar-refractivity contribution in [1.29, 1.82) is 0 Å². The summed E-state index contributed by atoms with van der Waals surface area (Å²) in [7, 11) is 0. The van der Waals surface area contributed by atoms with Crippen molar-refractivity contribution in [3.8, 4) is 0 Å². The molecule has 2 aromatic carbocycles. The van der Waals surface area contributed by atoms with E-state index in [9.17, 15) is 17.6 Å². The van der Waals surface area contributed by atoms with Crippen molar-refractivity contribution in [2.75, 3.05) is 31.1 Å². The monoisotopic (exact) mass is 474 g/mol. The first-order valence-electron chi connectivity index (χ1n) is 11.6. The van der Waals surface area contributed by atoms with Gasteiger partial charge >= 0.3 is 6.18 Å². The Morgan fingerprint density at radius 3 is 2.35 bits per heavy atom. The standard InChI is InChI=1S/C24H26F4N6/c25-19-7-3-5-17(15-19)22(23-29-30-31-34(23)20-8-1-2-9-20)33-13-11-32(12-14-33)21-10-4-6-18(16-21)24(26,27)28/h3-7,10,15-16,20,22H,1-2,8-9,11-14H2. The molecule has 0 N–H and O–H groups in total. The summed E-state index contributed by atoms with van der Waals surface area (Å²) < 4.78 is 55.6. The average Bonchev–Trinajstić information content (AvgIpc) is 3.52. The Morgan fingerprint density at radius 1 is 0.912 bits per heavy atom. The van der Waals surface area contributed by atoms with E-state index in [1.54, 1.807) is 12.1 Å². The van der Waals surface area contributed by atoms with Gasteiger partial charge in [-0.2, -0.15) is 13.2 Å². The molecular formula is C24H26F4N6. The molecule has 34 heavy (non-hydrogen) atoms. The van der Waals surface area contributed by atoms with Crippen LogP contribution < -0.4 is 4.90 Å². The number of aromatic nitrogens is 4. The molecule has 6 nitrogen and oxygen atoms in total. The van der Waals surface area contributed by atoms with Crippen LogP contribution in [0.3, 0.4) is 0 Å². The summed E-state index contributed by atoms with van der Waals surface area (Å²) in [6.45, 7) is 2.24. The summed E-state index contributed by atoms with van der Waals surface area (Å²) in [5.41, 5.74) is 0.662. The van der Waals surface area contributed by atoms with Crippen molar-refractivity contribution < 1.29 is 17.6 Å². The van der Waals surface area contributed by atoms with Gasteiger partial charge in [-0.25, -0.2) is 9.07 Å². The lowest BCUT2D eigenvalue weighted by molar-refractivity contribution is -0.137. The minimum Gasteiger partial charge on any atom is -0.369 e. The van der Waals surface area contributed by atoms with Crippen LogP contribution in [0.25, 0.3) is 0 Å². The largest absolute Gasteiger partial charge is 0.416 e. The number of nitrogens with zero attached hydrogens (tertiary/aromatic N) is 6. The molecule has 0 bridgehead atoms. The zero-order chi connectivity index (χ0) is 23.7. The van der Waals surface area contributed by atoms with Crippen LogP contribution in [0.15, 0.2) is 48.5 Å². The Hall–Kier alpha value is -3.01. The number of rotatable bonds is 5. The highest BCUT2D eigenvalue weighted by Crippen LogP contribution is 2.36. The molecule has 10 heteroatoms.